The summed E-state index contributed by atoms with van der Waals surface area (Å²) in [5, 5.41) is 4.91. The van der Waals surface area contributed by atoms with E-state index in [1.54, 1.807) is 0 Å². The molecule has 0 saturated carbocycles. The van der Waals surface area contributed by atoms with Crippen molar-refractivity contribution in [3.63, 3.8) is 0 Å². The predicted molar refractivity (Wildman–Crippen MR) is 167 cm³/mol. The molecule has 0 fully saturated rings. The molecule has 8 rings (SSSR count). The number of anilines is 3. The van der Waals surface area contributed by atoms with E-state index in [0.717, 1.165) is 39.0 Å². The molecule has 0 radical (unpaired) electrons. The second kappa shape index (κ2) is 8.87. The first kappa shape index (κ1) is 22.2. The Kier molecular flexibility index (Phi) is 5.04. The molecule has 2 nitrogen and oxygen atoms in total. The predicted octanol–water partition coefficient (Wildman–Crippen LogP) is 11.1. The Morgan fingerprint density at radius 1 is 0.410 bits per heavy atom. The van der Waals surface area contributed by atoms with Crippen LogP contribution in [0.15, 0.2) is 144 Å². The first-order chi connectivity index (χ1) is 19.3. The Bertz CT molecular complexity index is 2120. The molecule has 0 spiro atoms. The minimum atomic E-state index is 0.902. The Balaban J connectivity index is 1.23. The van der Waals surface area contributed by atoms with E-state index >= 15 is 0 Å². The fraction of sp³-hybridized carbons (Fsp3) is 0. The summed E-state index contributed by atoms with van der Waals surface area (Å²) in [5.74, 6) is 0. The zero-order valence-corrected chi connectivity index (χ0v) is 21.9. The van der Waals surface area contributed by atoms with E-state index in [1.165, 1.54) is 31.3 Å². The molecular formula is C36H23NOS. The molecule has 0 unspecified atom stereocenters. The van der Waals surface area contributed by atoms with Crippen LogP contribution in [0, 0.1) is 0 Å². The molecule has 0 saturated heterocycles. The van der Waals surface area contributed by atoms with Crippen molar-refractivity contribution in [3.8, 4) is 11.1 Å². The van der Waals surface area contributed by atoms with Crippen molar-refractivity contribution >= 4 is 70.5 Å². The normalized spacial score (nSPS) is 11.6. The number of rotatable bonds is 4. The molecule has 3 heteroatoms. The van der Waals surface area contributed by atoms with Gasteiger partial charge in [0.05, 0.1) is 0 Å². The maximum atomic E-state index is 6.10. The highest BCUT2D eigenvalue weighted by molar-refractivity contribution is 7.25. The van der Waals surface area contributed by atoms with Gasteiger partial charge in [0.1, 0.15) is 11.2 Å². The third kappa shape index (κ3) is 3.70. The summed E-state index contributed by atoms with van der Waals surface area (Å²) in [6, 6.07) is 49.6. The van der Waals surface area contributed by atoms with Crippen molar-refractivity contribution in [3.05, 3.63) is 140 Å². The zero-order valence-electron chi connectivity index (χ0n) is 21.0. The summed E-state index contributed by atoms with van der Waals surface area (Å²) in [7, 11) is 0. The van der Waals surface area contributed by atoms with Crippen LogP contribution in [0.4, 0.5) is 17.1 Å². The zero-order chi connectivity index (χ0) is 25.8. The molecule has 184 valence electrons. The van der Waals surface area contributed by atoms with Gasteiger partial charge in [0.25, 0.3) is 0 Å². The average molecular weight is 518 g/mol. The van der Waals surface area contributed by atoms with Gasteiger partial charge in [-0.3, -0.25) is 0 Å². The monoisotopic (exact) mass is 517 g/mol. The molecule has 2 aromatic heterocycles. The first-order valence-electron chi connectivity index (χ1n) is 13.1. The summed E-state index contributed by atoms with van der Waals surface area (Å²) < 4.78 is 8.76. The van der Waals surface area contributed by atoms with Crippen LogP contribution in [0.3, 0.4) is 0 Å². The van der Waals surface area contributed by atoms with Gasteiger partial charge < -0.3 is 9.32 Å². The lowest BCUT2D eigenvalue weighted by atomic mass is 10.0. The van der Waals surface area contributed by atoms with Gasteiger partial charge in [-0.05, 0) is 77.9 Å². The van der Waals surface area contributed by atoms with Crippen LogP contribution in [0.2, 0.25) is 0 Å². The second-order valence-electron chi connectivity index (χ2n) is 9.81. The molecule has 0 atom stereocenters. The topological polar surface area (TPSA) is 16.4 Å². The number of hydrogen-bond donors (Lipinski definition) is 0. The van der Waals surface area contributed by atoms with Crippen molar-refractivity contribution < 1.29 is 4.42 Å². The van der Waals surface area contributed by atoms with E-state index in [-0.39, 0.29) is 0 Å². The Morgan fingerprint density at radius 3 is 1.92 bits per heavy atom. The minimum absolute atomic E-state index is 0.902. The van der Waals surface area contributed by atoms with E-state index < -0.39 is 0 Å². The Labute approximate surface area is 230 Å². The van der Waals surface area contributed by atoms with Crippen LogP contribution < -0.4 is 4.90 Å². The molecule has 0 bridgehead atoms. The van der Waals surface area contributed by atoms with Gasteiger partial charge in [0, 0.05) is 48.0 Å². The van der Waals surface area contributed by atoms with Crippen LogP contribution in [0.1, 0.15) is 0 Å². The van der Waals surface area contributed by atoms with Crippen molar-refractivity contribution in [2.75, 3.05) is 4.90 Å². The van der Waals surface area contributed by atoms with E-state index in [9.17, 15) is 0 Å². The molecule has 0 amide bonds. The fourth-order valence-electron chi connectivity index (χ4n) is 5.59. The van der Waals surface area contributed by atoms with Crippen LogP contribution in [-0.4, -0.2) is 0 Å². The third-order valence-corrected chi connectivity index (χ3v) is 8.62. The van der Waals surface area contributed by atoms with E-state index in [1.807, 2.05) is 23.5 Å². The number of hydrogen-bond acceptors (Lipinski definition) is 3. The second-order valence-corrected chi connectivity index (χ2v) is 10.9. The van der Waals surface area contributed by atoms with Crippen molar-refractivity contribution in [2.24, 2.45) is 0 Å². The maximum Gasteiger partial charge on any atom is 0.135 e. The quantitative estimate of drug-likeness (QED) is 0.231. The van der Waals surface area contributed by atoms with Crippen LogP contribution in [-0.2, 0) is 0 Å². The summed E-state index contributed by atoms with van der Waals surface area (Å²) >= 11 is 1.86. The highest BCUT2D eigenvalue weighted by Crippen LogP contribution is 2.40. The molecule has 39 heavy (non-hydrogen) atoms. The van der Waals surface area contributed by atoms with Crippen molar-refractivity contribution in [1.29, 1.82) is 0 Å². The van der Waals surface area contributed by atoms with Gasteiger partial charge in [-0.1, -0.05) is 72.8 Å². The summed E-state index contributed by atoms with van der Waals surface area (Å²) in [4.78, 5) is 2.31. The number of para-hydroxylation sites is 2. The van der Waals surface area contributed by atoms with Gasteiger partial charge in [0.15, 0.2) is 0 Å². The van der Waals surface area contributed by atoms with E-state index in [4.69, 9.17) is 4.42 Å². The lowest BCUT2D eigenvalue weighted by Gasteiger charge is -2.25. The van der Waals surface area contributed by atoms with Gasteiger partial charge in [-0.15, -0.1) is 11.3 Å². The highest BCUT2D eigenvalue weighted by Gasteiger charge is 2.15. The number of fused-ring (bicyclic) bond motifs is 6. The van der Waals surface area contributed by atoms with Gasteiger partial charge in [-0.2, -0.15) is 0 Å². The van der Waals surface area contributed by atoms with Crippen LogP contribution >= 0.6 is 11.3 Å². The molecular weight excluding hydrogens is 494 g/mol. The lowest BCUT2D eigenvalue weighted by Crippen LogP contribution is -2.09. The largest absolute Gasteiger partial charge is 0.456 e. The molecule has 0 aliphatic heterocycles. The average Bonchev–Trinajstić information content (AvgIpc) is 3.56. The molecule has 0 aliphatic rings. The smallest absolute Gasteiger partial charge is 0.135 e. The van der Waals surface area contributed by atoms with E-state index in [2.05, 4.69) is 132 Å². The summed E-state index contributed by atoms with van der Waals surface area (Å²) in [6.45, 7) is 0. The molecule has 6 aromatic carbocycles. The molecule has 0 aliphatic carbocycles. The molecule has 0 N–H and O–H groups in total. The Hall–Kier alpha value is -4.86. The van der Waals surface area contributed by atoms with E-state index in [0.29, 0.717) is 0 Å². The maximum absolute atomic E-state index is 6.10. The number of nitrogens with zero attached hydrogens (tertiary/aromatic N) is 1. The fourth-order valence-corrected chi connectivity index (χ4v) is 6.67. The summed E-state index contributed by atoms with van der Waals surface area (Å²) in [6.07, 6.45) is 0. The molecule has 8 aromatic rings. The first-order valence-corrected chi connectivity index (χ1v) is 13.9. The third-order valence-electron chi connectivity index (χ3n) is 7.47. The number of thiophene rings is 1. The number of benzene rings is 6. The lowest BCUT2D eigenvalue weighted by molar-refractivity contribution is 0.669. The van der Waals surface area contributed by atoms with Gasteiger partial charge in [0.2, 0.25) is 0 Å². The highest BCUT2D eigenvalue weighted by atomic mass is 32.1. The number of furan rings is 1. The van der Waals surface area contributed by atoms with Crippen LogP contribution in [0.25, 0.3) is 53.2 Å². The SMILES string of the molecule is c1ccc(N(c2ccc(-c3ccc4sc5ccccc5c4c3)cc2)c2ccc3oc4ccccc4c3c2)cc1. The van der Waals surface area contributed by atoms with Crippen LogP contribution in [0.5, 0.6) is 0 Å². The molecule has 2 heterocycles. The van der Waals surface area contributed by atoms with Gasteiger partial charge in [-0.25, -0.2) is 0 Å². The van der Waals surface area contributed by atoms with Gasteiger partial charge >= 0.3 is 0 Å². The standard InChI is InChI=1S/C36H23NOS/c1-2-8-26(9-3-1)37(28-19-20-34-31(23-28)29-10-4-6-12-33(29)38-34)27-17-14-24(15-18-27)25-16-21-36-32(22-25)30-11-5-7-13-35(30)39-36/h1-23H. The van der Waals surface area contributed by atoms with Crippen molar-refractivity contribution in [1.82, 2.24) is 0 Å². The minimum Gasteiger partial charge on any atom is -0.456 e. The van der Waals surface area contributed by atoms with Crippen molar-refractivity contribution in [2.45, 2.75) is 0 Å². The summed E-state index contributed by atoms with van der Waals surface area (Å²) in [5.41, 5.74) is 7.58. The Morgan fingerprint density at radius 2 is 1.05 bits per heavy atom.